The molecule has 0 radical (unpaired) electrons. The van der Waals surface area contributed by atoms with Crippen molar-refractivity contribution in [3.05, 3.63) is 24.3 Å². The summed E-state index contributed by atoms with van der Waals surface area (Å²) in [5.41, 5.74) is 3.76. The smallest absolute Gasteiger partial charge is 0.0203 e. The molecule has 2 fully saturated rings. The Hall–Kier alpha value is -0.520. The molecule has 0 bridgehead atoms. The summed E-state index contributed by atoms with van der Waals surface area (Å²) in [6.45, 7) is 21.3. The summed E-state index contributed by atoms with van der Waals surface area (Å²) in [5.74, 6) is 4.09. The highest BCUT2D eigenvalue weighted by Gasteiger charge is 2.31. The van der Waals surface area contributed by atoms with E-state index >= 15 is 0 Å². The number of hydrogen-bond acceptors (Lipinski definition) is 0. The quantitative estimate of drug-likeness (QED) is 0.303. The third kappa shape index (κ3) is 7.00. The second-order valence-corrected chi connectivity index (χ2v) is 11.2. The van der Waals surface area contributed by atoms with E-state index in [1.807, 2.05) is 0 Å². The second kappa shape index (κ2) is 11.8. The fourth-order valence-corrected chi connectivity index (χ4v) is 6.16. The summed E-state index contributed by atoms with van der Waals surface area (Å²) < 4.78 is 0. The molecule has 2 aliphatic rings. The Morgan fingerprint density at radius 1 is 0.828 bits per heavy atom. The monoisotopic (exact) mass is 400 g/mol. The van der Waals surface area contributed by atoms with Crippen molar-refractivity contribution in [3.63, 3.8) is 0 Å². The standard InChI is InChI=1S/C29H52/c1-8-25(12-11-21-29(7,9-2)10-3)23(5)27-17-19-28(20-18-27)24(6)26-15-13-22(4)14-16-26/h22,25-28H,5-6,8-21H2,1-4,7H3. The summed E-state index contributed by atoms with van der Waals surface area (Å²) >= 11 is 0. The molecule has 0 amide bonds. The Labute approximate surface area is 184 Å². The van der Waals surface area contributed by atoms with Crippen molar-refractivity contribution >= 4 is 0 Å². The predicted molar refractivity (Wildman–Crippen MR) is 131 cm³/mol. The minimum Gasteiger partial charge on any atom is -0.0993 e. The van der Waals surface area contributed by atoms with Crippen LogP contribution in [-0.4, -0.2) is 0 Å². The van der Waals surface area contributed by atoms with Gasteiger partial charge in [0.05, 0.1) is 0 Å². The maximum absolute atomic E-state index is 4.65. The molecule has 0 saturated heterocycles. The van der Waals surface area contributed by atoms with Crippen molar-refractivity contribution in [3.8, 4) is 0 Å². The summed E-state index contributed by atoms with van der Waals surface area (Å²) in [6, 6.07) is 0. The van der Waals surface area contributed by atoms with E-state index in [-0.39, 0.29) is 0 Å². The van der Waals surface area contributed by atoms with Crippen LogP contribution in [0.25, 0.3) is 0 Å². The lowest BCUT2D eigenvalue weighted by Crippen LogP contribution is -2.24. The Balaban J connectivity index is 1.78. The van der Waals surface area contributed by atoms with Crippen molar-refractivity contribution in [1.82, 2.24) is 0 Å². The first-order valence-electron chi connectivity index (χ1n) is 13.2. The van der Waals surface area contributed by atoms with Crippen molar-refractivity contribution in [2.75, 3.05) is 0 Å². The average molecular weight is 401 g/mol. The van der Waals surface area contributed by atoms with Gasteiger partial charge in [-0.15, -0.1) is 0 Å². The van der Waals surface area contributed by atoms with E-state index in [0.29, 0.717) is 5.41 Å². The SMILES string of the molecule is C=C(C(CC)CCCC(C)(CC)CC)C1CCC(C(=C)C2CCC(C)CC2)CC1. The van der Waals surface area contributed by atoms with Crippen molar-refractivity contribution < 1.29 is 0 Å². The molecule has 0 aromatic rings. The molecule has 0 N–H and O–H groups in total. The number of allylic oxidation sites excluding steroid dienone is 2. The maximum atomic E-state index is 4.65. The first-order chi connectivity index (χ1) is 13.8. The zero-order chi connectivity index (χ0) is 21.4. The van der Waals surface area contributed by atoms with Gasteiger partial charge in [0.25, 0.3) is 0 Å². The van der Waals surface area contributed by atoms with Gasteiger partial charge in [-0.25, -0.2) is 0 Å². The molecule has 2 saturated carbocycles. The van der Waals surface area contributed by atoms with Crippen LogP contribution in [0.5, 0.6) is 0 Å². The largest absolute Gasteiger partial charge is 0.0993 e. The van der Waals surface area contributed by atoms with E-state index in [2.05, 4.69) is 47.8 Å². The second-order valence-electron chi connectivity index (χ2n) is 11.2. The van der Waals surface area contributed by atoms with Crippen LogP contribution in [0, 0.1) is 35.0 Å². The molecule has 0 spiro atoms. The highest BCUT2D eigenvalue weighted by atomic mass is 14.4. The lowest BCUT2D eigenvalue weighted by Gasteiger charge is -2.37. The van der Waals surface area contributed by atoms with E-state index in [1.165, 1.54) is 89.9 Å². The Bertz CT molecular complexity index is 492. The van der Waals surface area contributed by atoms with Gasteiger partial charge < -0.3 is 0 Å². The molecule has 2 rings (SSSR count). The maximum Gasteiger partial charge on any atom is -0.0203 e. The van der Waals surface area contributed by atoms with Crippen LogP contribution in [0.1, 0.15) is 125 Å². The topological polar surface area (TPSA) is 0 Å². The van der Waals surface area contributed by atoms with Gasteiger partial charge in [0, 0.05) is 0 Å². The number of hydrogen-bond donors (Lipinski definition) is 0. The lowest BCUT2D eigenvalue weighted by atomic mass is 9.68. The van der Waals surface area contributed by atoms with Gasteiger partial charge in [-0.3, -0.25) is 0 Å². The molecule has 0 nitrogen and oxygen atoms in total. The summed E-state index contributed by atoms with van der Waals surface area (Å²) in [6.07, 6.45) is 19.1. The molecular weight excluding hydrogens is 348 g/mol. The van der Waals surface area contributed by atoms with Crippen LogP contribution in [0.2, 0.25) is 0 Å². The molecule has 168 valence electrons. The average Bonchev–Trinajstić information content (AvgIpc) is 2.76. The Morgan fingerprint density at radius 2 is 1.31 bits per heavy atom. The summed E-state index contributed by atoms with van der Waals surface area (Å²) in [5, 5.41) is 0. The predicted octanol–water partition coefficient (Wildman–Crippen LogP) is 9.75. The molecular formula is C29H52. The van der Waals surface area contributed by atoms with Gasteiger partial charge >= 0.3 is 0 Å². The van der Waals surface area contributed by atoms with Gasteiger partial charge in [0.1, 0.15) is 0 Å². The first-order valence-corrected chi connectivity index (χ1v) is 13.2. The summed E-state index contributed by atoms with van der Waals surface area (Å²) in [4.78, 5) is 0. The van der Waals surface area contributed by atoms with Crippen LogP contribution >= 0.6 is 0 Å². The van der Waals surface area contributed by atoms with Crippen molar-refractivity contribution in [2.45, 2.75) is 125 Å². The fourth-order valence-electron chi connectivity index (χ4n) is 6.16. The highest BCUT2D eigenvalue weighted by molar-refractivity contribution is 5.12. The molecule has 0 aromatic heterocycles. The summed E-state index contributed by atoms with van der Waals surface area (Å²) in [7, 11) is 0. The Morgan fingerprint density at radius 3 is 1.79 bits per heavy atom. The van der Waals surface area contributed by atoms with Crippen LogP contribution in [0.15, 0.2) is 24.3 Å². The van der Waals surface area contributed by atoms with E-state index in [1.54, 1.807) is 11.1 Å². The molecule has 0 heterocycles. The molecule has 2 aliphatic carbocycles. The minimum atomic E-state index is 0.551. The molecule has 1 atom stereocenters. The third-order valence-corrected chi connectivity index (χ3v) is 9.37. The highest BCUT2D eigenvalue weighted by Crippen LogP contribution is 2.44. The van der Waals surface area contributed by atoms with Gasteiger partial charge in [0.15, 0.2) is 0 Å². The first kappa shape index (κ1) is 24.7. The van der Waals surface area contributed by atoms with E-state index < -0.39 is 0 Å². The van der Waals surface area contributed by atoms with Crippen molar-refractivity contribution in [1.29, 1.82) is 0 Å². The van der Waals surface area contributed by atoms with Crippen molar-refractivity contribution in [2.24, 2.45) is 35.0 Å². The molecule has 1 unspecified atom stereocenters. The van der Waals surface area contributed by atoms with Crippen LogP contribution in [-0.2, 0) is 0 Å². The molecule has 0 heteroatoms. The third-order valence-electron chi connectivity index (χ3n) is 9.37. The van der Waals surface area contributed by atoms with E-state index in [9.17, 15) is 0 Å². The fraction of sp³-hybridized carbons (Fsp3) is 0.862. The lowest BCUT2D eigenvalue weighted by molar-refractivity contribution is 0.247. The zero-order valence-electron chi connectivity index (χ0n) is 20.7. The number of rotatable bonds is 11. The van der Waals surface area contributed by atoms with Gasteiger partial charge in [0.2, 0.25) is 0 Å². The van der Waals surface area contributed by atoms with Gasteiger partial charge in [-0.05, 0) is 92.8 Å². The molecule has 29 heavy (non-hydrogen) atoms. The van der Waals surface area contributed by atoms with Crippen LogP contribution in [0.3, 0.4) is 0 Å². The van der Waals surface area contributed by atoms with Gasteiger partial charge in [-0.1, -0.05) is 91.0 Å². The normalized spacial score (nSPS) is 29.4. The van der Waals surface area contributed by atoms with E-state index in [0.717, 1.165) is 29.6 Å². The zero-order valence-corrected chi connectivity index (χ0v) is 20.7. The van der Waals surface area contributed by atoms with Gasteiger partial charge in [-0.2, -0.15) is 0 Å². The minimum absolute atomic E-state index is 0.551. The van der Waals surface area contributed by atoms with Crippen LogP contribution in [0.4, 0.5) is 0 Å². The Kier molecular flexibility index (Phi) is 10.0. The van der Waals surface area contributed by atoms with Crippen LogP contribution < -0.4 is 0 Å². The van der Waals surface area contributed by atoms with E-state index in [4.69, 9.17) is 0 Å². The molecule has 0 aliphatic heterocycles. The molecule has 0 aromatic carbocycles.